The zero-order valence-corrected chi connectivity index (χ0v) is 11.0. The molecule has 106 valence electrons. The van der Waals surface area contributed by atoms with Crippen molar-refractivity contribution in [2.24, 2.45) is 0 Å². The van der Waals surface area contributed by atoms with Gasteiger partial charge in [0, 0.05) is 0 Å². The molecule has 3 rings (SSSR count). The first-order valence-corrected chi connectivity index (χ1v) is 6.28. The normalized spacial score (nSPS) is 11.4. The van der Waals surface area contributed by atoms with Crippen LogP contribution in [-0.2, 0) is 6.54 Å². The maximum atomic E-state index is 11.7. The number of aromatic amines is 1. The van der Waals surface area contributed by atoms with Crippen molar-refractivity contribution in [3.63, 3.8) is 0 Å². The number of nitrogen functional groups attached to an aromatic ring is 1. The zero-order chi connectivity index (χ0) is 14.8. The summed E-state index contributed by atoms with van der Waals surface area (Å²) in [5.74, 6) is 0.0535. The average molecular weight is 283 g/mol. The maximum Gasteiger partial charge on any atom is 0.280 e. The van der Waals surface area contributed by atoms with Crippen LogP contribution in [0.3, 0.4) is 0 Å². The second-order valence-electron chi connectivity index (χ2n) is 4.51. The number of benzene rings is 1. The summed E-state index contributed by atoms with van der Waals surface area (Å²) in [5, 5.41) is 8.94. The number of nitrogens with one attached hydrogen (secondary N) is 1. The topological polar surface area (TPSA) is 110 Å². The van der Waals surface area contributed by atoms with E-state index < -0.39 is 0 Å². The van der Waals surface area contributed by atoms with Gasteiger partial charge in [0.05, 0.1) is 19.1 Å². The van der Waals surface area contributed by atoms with Gasteiger partial charge in [-0.25, -0.2) is 4.98 Å². The molecule has 0 aliphatic carbocycles. The lowest BCUT2D eigenvalue weighted by atomic mass is 10.1. The quantitative estimate of drug-likeness (QED) is 0.627. The van der Waals surface area contributed by atoms with Crippen LogP contribution >= 0.6 is 0 Å². The lowest BCUT2D eigenvalue weighted by molar-refractivity contribution is 0.478. The van der Waals surface area contributed by atoms with Gasteiger partial charge < -0.3 is 15.4 Å². The number of fused-ring (bicyclic) bond motifs is 1. The van der Waals surface area contributed by atoms with Crippen LogP contribution in [-0.4, -0.2) is 24.6 Å². The van der Waals surface area contributed by atoms with Crippen molar-refractivity contribution in [1.82, 2.24) is 19.5 Å². The van der Waals surface area contributed by atoms with E-state index in [-0.39, 0.29) is 17.0 Å². The summed E-state index contributed by atoms with van der Waals surface area (Å²) in [6.45, 7) is 0.465. The summed E-state index contributed by atoms with van der Waals surface area (Å²) in [5.41, 5.74) is 7.73. The molecule has 2 aromatic heterocycles. The molecule has 0 unspecified atom stereocenters. The predicted octanol–water partition coefficient (Wildman–Crippen LogP) is 1.28. The molecule has 7 heteroatoms. The van der Waals surface area contributed by atoms with E-state index in [4.69, 9.17) is 10.8 Å². The fraction of sp³-hybridized carbons (Fsp3) is 0.0714. The third-order valence-electron chi connectivity index (χ3n) is 3.14. The van der Waals surface area contributed by atoms with Crippen LogP contribution in [0.1, 0.15) is 11.1 Å². The molecule has 0 aliphatic heterocycles. The number of anilines is 1. The first kappa shape index (κ1) is 12.9. The Balaban J connectivity index is 2.09. The van der Waals surface area contributed by atoms with Gasteiger partial charge in [0.2, 0.25) is 5.95 Å². The van der Waals surface area contributed by atoms with Crippen molar-refractivity contribution in [3.8, 4) is 0 Å². The molecule has 3 aromatic rings. The molecule has 0 aliphatic rings. The summed E-state index contributed by atoms with van der Waals surface area (Å²) in [7, 11) is 0. The molecular formula is C14H13N5O2. The number of rotatable bonds is 3. The van der Waals surface area contributed by atoms with E-state index in [1.54, 1.807) is 17.0 Å². The Hall–Kier alpha value is -3.09. The SMILES string of the molecule is Nc1nc2c(ncn2Cc2ccccc2/C=C/O)c(=O)[nH]1. The van der Waals surface area contributed by atoms with Crippen molar-refractivity contribution in [3.05, 3.63) is 58.3 Å². The Bertz CT molecular complexity index is 878. The largest absolute Gasteiger partial charge is 0.516 e. The minimum absolute atomic E-state index is 0.0535. The van der Waals surface area contributed by atoms with Gasteiger partial charge in [0.25, 0.3) is 5.56 Å². The monoisotopic (exact) mass is 283 g/mol. The Kier molecular flexibility index (Phi) is 3.15. The Labute approximate surface area is 119 Å². The molecule has 0 fully saturated rings. The molecule has 0 spiro atoms. The van der Waals surface area contributed by atoms with Gasteiger partial charge in [0.1, 0.15) is 0 Å². The van der Waals surface area contributed by atoms with E-state index >= 15 is 0 Å². The van der Waals surface area contributed by atoms with Gasteiger partial charge in [-0.1, -0.05) is 24.3 Å². The molecule has 1 aromatic carbocycles. The molecule has 0 bridgehead atoms. The lowest BCUT2D eigenvalue weighted by Crippen LogP contribution is -2.12. The van der Waals surface area contributed by atoms with Crippen molar-refractivity contribution in [2.75, 3.05) is 5.73 Å². The standard InChI is InChI=1S/C14H13N5O2/c15-14-17-12-11(13(21)18-14)16-8-19(12)7-10-4-2-1-3-9(10)5-6-20/h1-6,8,20H,7H2,(H3,15,17,18,21)/b6-5+. The smallest absolute Gasteiger partial charge is 0.280 e. The van der Waals surface area contributed by atoms with Crippen molar-refractivity contribution in [2.45, 2.75) is 6.54 Å². The molecule has 0 amide bonds. The van der Waals surface area contributed by atoms with E-state index in [1.165, 1.54) is 0 Å². The third kappa shape index (κ3) is 2.36. The predicted molar refractivity (Wildman–Crippen MR) is 79.8 cm³/mol. The summed E-state index contributed by atoms with van der Waals surface area (Å²) in [6, 6.07) is 7.59. The number of nitrogens with zero attached hydrogens (tertiary/aromatic N) is 3. The number of hydrogen-bond donors (Lipinski definition) is 3. The highest BCUT2D eigenvalue weighted by atomic mass is 16.2. The molecule has 4 N–H and O–H groups in total. The van der Waals surface area contributed by atoms with Gasteiger partial charge in [-0.3, -0.25) is 9.78 Å². The minimum Gasteiger partial charge on any atom is -0.516 e. The van der Waals surface area contributed by atoms with E-state index in [0.29, 0.717) is 12.2 Å². The average Bonchev–Trinajstić information content (AvgIpc) is 2.85. The summed E-state index contributed by atoms with van der Waals surface area (Å²) >= 11 is 0. The fourth-order valence-corrected chi connectivity index (χ4v) is 2.19. The van der Waals surface area contributed by atoms with Crippen LogP contribution in [0.25, 0.3) is 17.2 Å². The van der Waals surface area contributed by atoms with Gasteiger partial charge in [-0.15, -0.1) is 0 Å². The highest BCUT2D eigenvalue weighted by Gasteiger charge is 2.10. The van der Waals surface area contributed by atoms with E-state index in [1.807, 2.05) is 24.3 Å². The number of aliphatic hydroxyl groups is 1. The summed E-state index contributed by atoms with van der Waals surface area (Å²) in [6.07, 6.45) is 4.14. The highest BCUT2D eigenvalue weighted by Crippen LogP contribution is 2.15. The molecule has 0 saturated carbocycles. The van der Waals surface area contributed by atoms with Crippen LogP contribution in [0.2, 0.25) is 0 Å². The van der Waals surface area contributed by atoms with Crippen LogP contribution < -0.4 is 11.3 Å². The number of hydrogen-bond acceptors (Lipinski definition) is 5. The fourth-order valence-electron chi connectivity index (χ4n) is 2.19. The molecule has 0 saturated heterocycles. The van der Waals surface area contributed by atoms with Gasteiger partial charge >= 0.3 is 0 Å². The van der Waals surface area contributed by atoms with E-state index in [0.717, 1.165) is 17.4 Å². The van der Waals surface area contributed by atoms with E-state index in [2.05, 4.69) is 15.0 Å². The number of nitrogens with two attached hydrogens (primary N) is 1. The summed E-state index contributed by atoms with van der Waals surface area (Å²) in [4.78, 5) is 22.3. The zero-order valence-electron chi connectivity index (χ0n) is 11.0. The molecule has 21 heavy (non-hydrogen) atoms. The Morgan fingerprint density at radius 3 is 3.00 bits per heavy atom. The van der Waals surface area contributed by atoms with Gasteiger partial charge in [-0.2, -0.15) is 4.98 Å². The molecule has 0 radical (unpaired) electrons. The Morgan fingerprint density at radius 1 is 1.38 bits per heavy atom. The number of aromatic nitrogens is 4. The minimum atomic E-state index is -0.361. The second kappa shape index (κ2) is 5.12. The van der Waals surface area contributed by atoms with Gasteiger partial charge in [-0.05, 0) is 17.2 Å². The summed E-state index contributed by atoms with van der Waals surface area (Å²) < 4.78 is 1.74. The Morgan fingerprint density at radius 2 is 2.19 bits per heavy atom. The van der Waals surface area contributed by atoms with Crippen LogP contribution in [0.5, 0.6) is 0 Å². The number of H-pyrrole nitrogens is 1. The number of aliphatic hydroxyl groups excluding tert-OH is 1. The lowest BCUT2D eigenvalue weighted by Gasteiger charge is -2.07. The van der Waals surface area contributed by atoms with Crippen LogP contribution in [0.4, 0.5) is 5.95 Å². The van der Waals surface area contributed by atoms with Gasteiger partial charge in [0.15, 0.2) is 11.2 Å². The van der Waals surface area contributed by atoms with E-state index in [9.17, 15) is 4.79 Å². The second-order valence-corrected chi connectivity index (χ2v) is 4.51. The molecular weight excluding hydrogens is 270 g/mol. The van der Waals surface area contributed by atoms with Crippen LogP contribution in [0.15, 0.2) is 41.6 Å². The third-order valence-corrected chi connectivity index (χ3v) is 3.14. The molecule has 7 nitrogen and oxygen atoms in total. The molecule has 2 heterocycles. The first-order chi connectivity index (χ1) is 10.2. The molecule has 0 atom stereocenters. The van der Waals surface area contributed by atoms with Crippen molar-refractivity contribution < 1.29 is 5.11 Å². The number of imidazole rings is 1. The van der Waals surface area contributed by atoms with Crippen molar-refractivity contribution >= 4 is 23.2 Å². The maximum absolute atomic E-state index is 11.7. The van der Waals surface area contributed by atoms with Crippen molar-refractivity contribution in [1.29, 1.82) is 0 Å². The highest BCUT2D eigenvalue weighted by molar-refractivity contribution is 5.70. The van der Waals surface area contributed by atoms with Crippen LogP contribution in [0, 0.1) is 0 Å². The first-order valence-electron chi connectivity index (χ1n) is 6.28.